The molecule has 21 heavy (non-hydrogen) atoms. The molecule has 1 aromatic rings. The molecule has 0 atom stereocenters. The van der Waals surface area contributed by atoms with Gasteiger partial charge in [0.05, 0.1) is 20.1 Å². The molecule has 6 heteroatoms. The Bertz CT molecular complexity index is 559. The van der Waals surface area contributed by atoms with Gasteiger partial charge in [-0.3, -0.25) is 9.59 Å². The number of hydrogen-bond acceptors (Lipinski definition) is 4. The van der Waals surface area contributed by atoms with Crippen LogP contribution in [0.3, 0.4) is 0 Å². The summed E-state index contributed by atoms with van der Waals surface area (Å²) < 4.78 is 23.7. The van der Waals surface area contributed by atoms with Crippen LogP contribution in [-0.2, 0) is 27.4 Å². The van der Waals surface area contributed by atoms with E-state index < -0.39 is 11.8 Å². The number of carbonyl (C=O) groups is 2. The highest BCUT2D eigenvalue weighted by Gasteiger charge is 2.27. The van der Waals surface area contributed by atoms with Crippen LogP contribution < -0.4 is 4.74 Å². The number of nitrogens with zero attached hydrogens (tertiary/aromatic N) is 1. The summed E-state index contributed by atoms with van der Waals surface area (Å²) in [4.78, 5) is 24.8. The van der Waals surface area contributed by atoms with Crippen molar-refractivity contribution in [2.75, 3.05) is 13.7 Å². The number of ether oxygens (including phenoxy) is 2. The number of esters is 1. The standard InChI is InChI=1S/C15H17FNO4/c1-3-21-14(19)7-6-13(18)17-8-10-4-5-12(20-2)15(16)11(10)9-17/h4H,3,6-9H2,1-2H3. The normalized spacial score (nSPS) is 13.0. The van der Waals surface area contributed by atoms with Crippen molar-refractivity contribution in [3.05, 3.63) is 29.1 Å². The van der Waals surface area contributed by atoms with E-state index in [2.05, 4.69) is 6.07 Å². The predicted octanol–water partition coefficient (Wildman–Crippen LogP) is 1.82. The second-order valence-electron chi connectivity index (χ2n) is 4.69. The molecule has 1 aliphatic heterocycles. The number of benzene rings is 1. The van der Waals surface area contributed by atoms with Gasteiger partial charge in [0.2, 0.25) is 5.91 Å². The van der Waals surface area contributed by atoms with Gasteiger partial charge in [-0.25, -0.2) is 4.39 Å². The van der Waals surface area contributed by atoms with Gasteiger partial charge in [-0.1, -0.05) is 0 Å². The smallest absolute Gasteiger partial charge is 0.306 e. The fraction of sp³-hybridized carbons (Fsp3) is 0.467. The lowest BCUT2D eigenvalue weighted by Crippen LogP contribution is -2.26. The molecule has 0 N–H and O–H groups in total. The van der Waals surface area contributed by atoms with Gasteiger partial charge in [0.15, 0.2) is 11.6 Å². The van der Waals surface area contributed by atoms with Crippen LogP contribution >= 0.6 is 0 Å². The summed E-state index contributed by atoms with van der Waals surface area (Å²) in [6.07, 6.45) is 0.104. The first-order chi connectivity index (χ1) is 10.1. The van der Waals surface area contributed by atoms with E-state index in [0.29, 0.717) is 18.7 Å². The molecule has 1 amide bonds. The summed E-state index contributed by atoms with van der Waals surface area (Å²) in [5.41, 5.74) is 1.17. The summed E-state index contributed by atoms with van der Waals surface area (Å²) in [6, 6.07) is 4.34. The maximum atomic E-state index is 14.1. The fourth-order valence-corrected chi connectivity index (χ4v) is 2.27. The van der Waals surface area contributed by atoms with Gasteiger partial charge in [0.25, 0.3) is 0 Å². The SMILES string of the molecule is CCOC(=O)CCC(=O)N1Cc2c[c]c(OC)c(F)c2C1. The number of hydrogen-bond donors (Lipinski definition) is 0. The lowest BCUT2D eigenvalue weighted by atomic mass is 10.1. The van der Waals surface area contributed by atoms with Gasteiger partial charge in [0.1, 0.15) is 0 Å². The lowest BCUT2D eigenvalue weighted by molar-refractivity contribution is -0.145. The van der Waals surface area contributed by atoms with Gasteiger partial charge in [-0.05, 0) is 18.6 Å². The van der Waals surface area contributed by atoms with E-state index in [-0.39, 0.29) is 31.0 Å². The molecular weight excluding hydrogens is 277 g/mol. The first-order valence-electron chi connectivity index (χ1n) is 6.76. The van der Waals surface area contributed by atoms with Crippen molar-refractivity contribution in [1.29, 1.82) is 0 Å². The molecule has 1 aliphatic rings. The van der Waals surface area contributed by atoms with Gasteiger partial charge < -0.3 is 14.4 Å². The van der Waals surface area contributed by atoms with E-state index in [1.54, 1.807) is 13.0 Å². The maximum absolute atomic E-state index is 14.1. The van der Waals surface area contributed by atoms with Crippen LogP contribution in [0.1, 0.15) is 30.9 Å². The van der Waals surface area contributed by atoms with Crippen LogP contribution in [0.25, 0.3) is 0 Å². The van der Waals surface area contributed by atoms with Gasteiger partial charge in [-0.15, -0.1) is 0 Å². The molecule has 1 radical (unpaired) electrons. The van der Waals surface area contributed by atoms with Gasteiger partial charge in [0, 0.05) is 31.1 Å². The molecule has 2 rings (SSSR count). The number of halogens is 1. The molecule has 0 aliphatic carbocycles. The molecule has 0 saturated carbocycles. The van der Waals surface area contributed by atoms with Crippen molar-refractivity contribution < 1.29 is 23.5 Å². The third kappa shape index (κ3) is 3.32. The molecular formula is C15H17FNO4. The molecule has 0 unspecified atom stereocenters. The minimum absolute atomic E-state index is 0.0391. The summed E-state index contributed by atoms with van der Waals surface area (Å²) in [6.45, 7) is 2.52. The quantitative estimate of drug-likeness (QED) is 0.777. The van der Waals surface area contributed by atoms with Gasteiger partial charge >= 0.3 is 5.97 Å². The average Bonchev–Trinajstić information content (AvgIpc) is 2.90. The molecule has 5 nitrogen and oxygen atoms in total. The van der Waals surface area contributed by atoms with Crippen LogP contribution in [0.5, 0.6) is 5.75 Å². The highest BCUT2D eigenvalue weighted by atomic mass is 19.1. The van der Waals surface area contributed by atoms with E-state index in [1.165, 1.54) is 12.0 Å². The zero-order valence-electron chi connectivity index (χ0n) is 12.1. The van der Waals surface area contributed by atoms with Crippen LogP contribution in [-0.4, -0.2) is 30.5 Å². The van der Waals surface area contributed by atoms with Crippen LogP contribution in [0.2, 0.25) is 0 Å². The Hall–Kier alpha value is -2.11. The Kier molecular flexibility index (Phi) is 4.77. The summed E-state index contributed by atoms with van der Waals surface area (Å²) in [5, 5.41) is 0. The maximum Gasteiger partial charge on any atom is 0.306 e. The minimum Gasteiger partial charge on any atom is -0.493 e. The molecule has 0 bridgehead atoms. The first-order valence-corrected chi connectivity index (χ1v) is 6.76. The number of carbonyl (C=O) groups excluding carboxylic acids is 2. The van der Waals surface area contributed by atoms with Crippen molar-refractivity contribution in [3.63, 3.8) is 0 Å². The Morgan fingerprint density at radius 3 is 2.81 bits per heavy atom. The molecule has 0 saturated heterocycles. The number of fused-ring (bicyclic) bond motifs is 1. The van der Waals surface area contributed by atoms with Crippen molar-refractivity contribution in [3.8, 4) is 5.75 Å². The topological polar surface area (TPSA) is 55.8 Å². The Morgan fingerprint density at radius 1 is 1.38 bits per heavy atom. The molecule has 1 heterocycles. The lowest BCUT2D eigenvalue weighted by Gasteiger charge is -2.14. The monoisotopic (exact) mass is 294 g/mol. The molecule has 0 fully saturated rings. The molecule has 113 valence electrons. The predicted molar refractivity (Wildman–Crippen MR) is 71.9 cm³/mol. The third-order valence-corrected chi connectivity index (χ3v) is 3.34. The second-order valence-corrected chi connectivity index (χ2v) is 4.69. The second kappa shape index (κ2) is 6.56. The van der Waals surface area contributed by atoms with Crippen molar-refractivity contribution in [1.82, 2.24) is 4.90 Å². The van der Waals surface area contributed by atoms with E-state index >= 15 is 0 Å². The number of rotatable bonds is 5. The first kappa shape index (κ1) is 15.3. The van der Waals surface area contributed by atoms with Crippen LogP contribution in [0.4, 0.5) is 4.39 Å². The Balaban J connectivity index is 1.98. The fourth-order valence-electron chi connectivity index (χ4n) is 2.27. The molecule has 0 spiro atoms. The summed E-state index contributed by atoms with van der Waals surface area (Å²) in [5.74, 6) is -1.02. The van der Waals surface area contributed by atoms with Gasteiger partial charge in [-0.2, -0.15) is 0 Å². The Morgan fingerprint density at radius 2 is 2.14 bits per heavy atom. The largest absolute Gasteiger partial charge is 0.493 e. The van der Waals surface area contributed by atoms with E-state index in [0.717, 1.165) is 5.56 Å². The number of amides is 1. The zero-order valence-corrected chi connectivity index (χ0v) is 12.1. The average molecular weight is 294 g/mol. The third-order valence-electron chi connectivity index (χ3n) is 3.34. The summed E-state index contributed by atoms with van der Waals surface area (Å²) in [7, 11) is 1.37. The van der Waals surface area contributed by atoms with E-state index in [1.807, 2.05) is 0 Å². The van der Waals surface area contributed by atoms with Crippen molar-refractivity contribution in [2.45, 2.75) is 32.9 Å². The van der Waals surface area contributed by atoms with Crippen LogP contribution in [0.15, 0.2) is 6.07 Å². The zero-order chi connectivity index (χ0) is 15.4. The number of methoxy groups -OCH3 is 1. The van der Waals surface area contributed by atoms with E-state index in [9.17, 15) is 14.0 Å². The highest BCUT2D eigenvalue weighted by Crippen LogP contribution is 2.30. The van der Waals surface area contributed by atoms with Crippen molar-refractivity contribution >= 4 is 11.9 Å². The van der Waals surface area contributed by atoms with E-state index in [4.69, 9.17) is 9.47 Å². The Labute approximate surface area is 122 Å². The van der Waals surface area contributed by atoms with Crippen LogP contribution in [0, 0.1) is 11.9 Å². The molecule has 0 aromatic heterocycles. The minimum atomic E-state index is -0.476. The van der Waals surface area contributed by atoms with Crippen molar-refractivity contribution in [2.24, 2.45) is 0 Å². The highest BCUT2D eigenvalue weighted by molar-refractivity contribution is 5.81. The molecule has 1 aromatic carbocycles. The summed E-state index contributed by atoms with van der Waals surface area (Å²) >= 11 is 0.